The summed E-state index contributed by atoms with van der Waals surface area (Å²) in [6, 6.07) is 2.35. The summed E-state index contributed by atoms with van der Waals surface area (Å²) in [7, 11) is 0. The van der Waals surface area contributed by atoms with E-state index in [0.717, 1.165) is 25.3 Å². The maximum Gasteiger partial charge on any atom is 0.202 e. The van der Waals surface area contributed by atoms with Gasteiger partial charge in [-0.25, -0.2) is 4.39 Å². The van der Waals surface area contributed by atoms with Gasteiger partial charge in [-0.15, -0.1) is 0 Å². The Balaban J connectivity index is 2.15. The molecule has 1 aliphatic carbocycles. The molecular weight excluding hydrogens is 226 g/mol. The Morgan fingerprint density at radius 2 is 2.00 bits per heavy atom. The minimum absolute atomic E-state index is 0.0617. The smallest absolute Gasteiger partial charge is 0.202 e. The molecule has 0 aliphatic heterocycles. The first kappa shape index (κ1) is 12.1. The van der Waals surface area contributed by atoms with Gasteiger partial charge >= 0.3 is 0 Å². The van der Waals surface area contributed by atoms with Crippen LogP contribution in [0.4, 0.5) is 14.5 Å². The van der Waals surface area contributed by atoms with Crippen molar-refractivity contribution in [2.75, 3.05) is 5.73 Å². The second kappa shape index (κ2) is 4.87. The number of hydrogen-bond acceptors (Lipinski definition) is 3. The lowest BCUT2D eigenvalue weighted by Gasteiger charge is -2.27. The minimum Gasteiger partial charge on any atom is -0.485 e. The van der Waals surface area contributed by atoms with E-state index in [-0.39, 0.29) is 23.6 Å². The van der Waals surface area contributed by atoms with Crippen LogP contribution in [0.1, 0.15) is 25.7 Å². The van der Waals surface area contributed by atoms with Gasteiger partial charge in [-0.1, -0.05) is 0 Å². The van der Waals surface area contributed by atoms with Crippen LogP contribution >= 0.6 is 0 Å². The molecule has 0 heterocycles. The first-order valence-corrected chi connectivity index (χ1v) is 5.73. The third-order valence-corrected chi connectivity index (χ3v) is 3.03. The topological polar surface area (TPSA) is 61.3 Å². The van der Waals surface area contributed by atoms with Gasteiger partial charge in [-0.3, -0.25) is 0 Å². The molecule has 1 fully saturated rings. The molecular formula is C12H16F2N2O. The highest BCUT2D eigenvalue weighted by molar-refractivity contribution is 5.53. The molecule has 1 aliphatic rings. The highest BCUT2D eigenvalue weighted by Gasteiger charge is 2.23. The molecule has 0 amide bonds. The Kier molecular flexibility index (Phi) is 3.47. The second-order valence-corrected chi connectivity index (χ2v) is 4.45. The van der Waals surface area contributed by atoms with E-state index >= 15 is 0 Å². The molecule has 1 saturated carbocycles. The lowest BCUT2D eigenvalue weighted by molar-refractivity contribution is 0.138. The summed E-state index contributed by atoms with van der Waals surface area (Å²) in [6.07, 6.45) is 3.14. The molecule has 0 spiro atoms. The lowest BCUT2D eigenvalue weighted by Crippen LogP contribution is -2.34. The normalized spacial score (nSPS) is 24.6. The summed E-state index contributed by atoms with van der Waals surface area (Å²) in [5.74, 6) is -2.16. The van der Waals surface area contributed by atoms with Gasteiger partial charge in [0.05, 0.1) is 5.69 Å². The SMILES string of the molecule is Nc1ccc(F)c(F)c1OC1CCCC(N)C1. The van der Waals surface area contributed by atoms with Gasteiger partial charge in [-0.2, -0.15) is 4.39 Å². The van der Waals surface area contributed by atoms with Crippen molar-refractivity contribution in [2.45, 2.75) is 37.8 Å². The Morgan fingerprint density at radius 1 is 1.24 bits per heavy atom. The van der Waals surface area contributed by atoms with Gasteiger partial charge in [0.25, 0.3) is 0 Å². The van der Waals surface area contributed by atoms with Crippen molar-refractivity contribution < 1.29 is 13.5 Å². The molecule has 0 saturated heterocycles. The lowest BCUT2D eigenvalue weighted by atomic mass is 9.93. The summed E-state index contributed by atoms with van der Waals surface area (Å²) in [5, 5.41) is 0. The molecule has 0 bridgehead atoms. The van der Waals surface area contributed by atoms with Crippen molar-refractivity contribution in [2.24, 2.45) is 5.73 Å². The third kappa shape index (κ3) is 2.66. The van der Waals surface area contributed by atoms with Crippen molar-refractivity contribution >= 4 is 5.69 Å². The average Bonchev–Trinajstić information content (AvgIpc) is 2.30. The van der Waals surface area contributed by atoms with E-state index in [0.29, 0.717) is 6.42 Å². The van der Waals surface area contributed by atoms with Crippen LogP contribution in [0, 0.1) is 11.6 Å². The number of nitrogen functional groups attached to an aromatic ring is 1. The van der Waals surface area contributed by atoms with Crippen LogP contribution in [0.2, 0.25) is 0 Å². The van der Waals surface area contributed by atoms with Gasteiger partial charge in [0.2, 0.25) is 5.82 Å². The molecule has 2 rings (SSSR count). The van der Waals surface area contributed by atoms with Crippen LogP contribution in [-0.4, -0.2) is 12.1 Å². The monoisotopic (exact) mass is 242 g/mol. The number of hydrogen-bond donors (Lipinski definition) is 2. The van der Waals surface area contributed by atoms with Gasteiger partial charge in [0.15, 0.2) is 11.6 Å². The summed E-state index contributed by atoms with van der Waals surface area (Å²) in [4.78, 5) is 0. The summed E-state index contributed by atoms with van der Waals surface area (Å²) in [5.41, 5.74) is 11.5. The summed E-state index contributed by atoms with van der Waals surface area (Å²) in [6.45, 7) is 0. The fourth-order valence-electron chi connectivity index (χ4n) is 2.12. The second-order valence-electron chi connectivity index (χ2n) is 4.45. The number of rotatable bonds is 2. The van der Waals surface area contributed by atoms with E-state index in [9.17, 15) is 8.78 Å². The Bertz CT molecular complexity index is 412. The molecule has 17 heavy (non-hydrogen) atoms. The molecule has 0 radical (unpaired) electrons. The maximum absolute atomic E-state index is 13.5. The molecule has 5 heteroatoms. The van der Waals surface area contributed by atoms with Gasteiger partial charge in [-0.05, 0) is 37.8 Å². The fourth-order valence-corrected chi connectivity index (χ4v) is 2.12. The van der Waals surface area contributed by atoms with Crippen LogP contribution < -0.4 is 16.2 Å². The largest absolute Gasteiger partial charge is 0.485 e. The number of benzene rings is 1. The Morgan fingerprint density at radius 3 is 2.71 bits per heavy atom. The summed E-state index contributed by atoms with van der Waals surface area (Å²) >= 11 is 0. The van der Waals surface area contributed by atoms with Crippen molar-refractivity contribution in [3.8, 4) is 5.75 Å². The molecule has 0 aromatic heterocycles. The van der Waals surface area contributed by atoms with Gasteiger partial charge in [0.1, 0.15) is 6.10 Å². The van der Waals surface area contributed by atoms with E-state index in [1.54, 1.807) is 0 Å². The number of ether oxygens (including phenoxy) is 1. The van der Waals surface area contributed by atoms with Crippen LogP contribution in [0.5, 0.6) is 5.75 Å². The molecule has 1 aromatic rings. The highest BCUT2D eigenvalue weighted by atomic mass is 19.2. The zero-order valence-corrected chi connectivity index (χ0v) is 9.46. The molecule has 2 atom stereocenters. The molecule has 3 nitrogen and oxygen atoms in total. The molecule has 94 valence electrons. The summed E-state index contributed by atoms with van der Waals surface area (Å²) < 4.78 is 32.0. The van der Waals surface area contributed by atoms with Crippen molar-refractivity contribution in [1.29, 1.82) is 0 Å². The molecule has 2 unspecified atom stereocenters. The Labute approximate surface area is 98.7 Å². The van der Waals surface area contributed by atoms with E-state index in [1.165, 1.54) is 6.07 Å². The van der Waals surface area contributed by atoms with Crippen LogP contribution in [0.25, 0.3) is 0 Å². The van der Waals surface area contributed by atoms with Crippen LogP contribution in [0.15, 0.2) is 12.1 Å². The maximum atomic E-state index is 13.5. The molecule has 4 N–H and O–H groups in total. The van der Waals surface area contributed by atoms with Crippen molar-refractivity contribution in [3.05, 3.63) is 23.8 Å². The first-order chi connectivity index (χ1) is 8.08. The van der Waals surface area contributed by atoms with E-state index in [1.807, 2.05) is 0 Å². The molecule has 1 aromatic carbocycles. The van der Waals surface area contributed by atoms with Crippen LogP contribution in [-0.2, 0) is 0 Å². The van der Waals surface area contributed by atoms with E-state index in [4.69, 9.17) is 16.2 Å². The van der Waals surface area contributed by atoms with E-state index in [2.05, 4.69) is 0 Å². The number of anilines is 1. The quantitative estimate of drug-likeness (QED) is 0.781. The predicted molar refractivity (Wildman–Crippen MR) is 61.6 cm³/mol. The number of halogens is 2. The van der Waals surface area contributed by atoms with Crippen molar-refractivity contribution in [3.63, 3.8) is 0 Å². The Hall–Kier alpha value is -1.36. The van der Waals surface area contributed by atoms with E-state index < -0.39 is 11.6 Å². The number of nitrogens with two attached hydrogens (primary N) is 2. The van der Waals surface area contributed by atoms with Crippen LogP contribution in [0.3, 0.4) is 0 Å². The van der Waals surface area contributed by atoms with Crippen molar-refractivity contribution in [1.82, 2.24) is 0 Å². The predicted octanol–water partition coefficient (Wildman–Crippen LogP) is 2.20. The average molecular weight is 242 g/mol. The third-order valence-electron chi connectivity index (χ3n) is 3.03. The highest BCUT2D eigenvalue weighted by Crippen LogP contribution is 2.31. The minimum atomic E-state index is -1.02. The van der Waals surface area contributed by atoms with Gasteiger partial charge < -0.3 is 16.2 Å². The fraction of sp³-hybridized carbons (Fsp3) is 0.500. The standard InChI is InChI=1S/C12H16F2N2O/c13-9-4-5-10(16)12(11(9)14)17-8-3-1-2-7(15)6-8/h4-5,7-8H,1-3,6,15-16H2. The zero-order valence-electron chi connectivity index (χ0n) is 9.46. The van der Waals surface area contributed by atoms with Gasteiger partial charge in [0, 0.05) is 6.04 Å². The first-order valence-electron chi connectivity index (χ1n) is 5.73. The zero-order chi connectivity index (χ0) is 12.4.